The van der Waals surface area contributed by atoms with Crippen LogP contribution in [0.2, 0.25) is 0 Å². The second-order valence-corrected chi connectivity index (χ2v) is 28.7. The summed E-state index contributed by atoms with van der Waals surface area (Å²) in [6.45, 7) is 41.9. The number of esters is 8. The molecule has 10 unspecified atom stereocenters. The molecule has 0 saturated carbocycles. The Balaban J connectivity index is -0.000000605. The van der Waals surface area contributed by atoms with E-state index >= 15 is 0 Å². The molecule has 0 N–H and O–H groups in total. The maximum absolute atomic E-state index is 12.7. The van der Waals surface area contributed by atoms with Crippen LogP contribution in [0.5, 0.6) is 0 Å². The fourth-order valence-electron chi connectivity index (χ4n) is 10.0. The topological polar surface area (TPSA) is 210 Å². The van der Waals surface area contributed by atoms with E-state index in [1.54, 1.807) is 62.3 Å². The second-order valence-electron chi connectivity index (χ2n) is 28.7. The van der Waals surface area contributed by atoms with Crippen molar-refractivity contribution >= 4 is 47.8 Å². The van der Waals surface area contributed by atoms with E-state index < -0.39 is 117 Å². The van der Waals surface area contributed by atoms with E-state index in [2.05, 4.69) is 28.1 Å². The number of unbranched alkanes of at least 4 members (excludes halogenated alkanes) is 4. The number of rotatable bonds is 42. The lowest BCUT2D eigenvalue weighted by molar-refractivity contribution is -0.222. The lowest BCUT2D eigenvalue weighted by atomic mass is 9.72. The SMILES string of the molecule is CCCCC(CC)COC(=O)C(C)(C)CC(C)(CC)C(=O)OC(C)C(F)(F)F.CCCCC(CC)COC(=O)C(C)CC(CC)C(=O)OC(C)C(F)(F)F.CCCCOC(=O)C(C)(C)CC(C)(CC)C(=O)OC(C)C(F)(F)F.CCCCOC(=O)C(C)(C)CC(C)(CC)C(=O)OCC. The van der Waals surface area contributed by atoms with Crippen molar-refractivity contribution in [2.75, 3.05) is 33.0 Å². The zero-order valence-corrected chi connectivity index (χ0v) is 64.2. The van der Waals surface area contributed by atoms with E-state index in [0.29, 0.717) is 51.6 Å². The normalized spacial score (nSPS) is 16.1. The molecule has 0 radical (unpaired) electrons. The van der Waals surface area contributed by atoms with Crippen LogP contribution < -0.4 is 0 Å². The average molecular weight is 1430 g/mol. The van der Waals surface area contributed by atoms with Gasteiger partial charge < -0.3 is 37.9 Å². The fourth-order valence-corrected chi connectivity index (χ4v) is 10.0. The maximum atomic E-state index is 12.7. The van der Waals surface area contributed by atoms with Gasteiger partial charge in [-0.05, 0) is 179 Å². The smallest absolute Gasteiger partial charge is 0.425 e. The van der Waals surface area contributed by atoms with Crippen molar-refractivity contribution in [1.82, 2.24) is 0 Å². The van der Waals surface area contributed by atoms with Crippen molar-refractivity contribution in [3.8, 4) is 0 Å². The lowest BCUT2D eigenvalue weighted by Gasteiger charge is -2.34. The molecular weight excluding hydrogens is 1300 g/mol. The Morgan fingerprint density at radius 2 is 0.653 bits per heavy atom. The van der Waals surface area contributed by atoms with Gasteiger partial charge in [0.25, 0.3) is 0 Å². The molecule has 0 aliphatic rings. The van der Waals surface area contributed by atoms with Gasteiger partial charge in [-0.1, -0.05) is 128 Å². The fraction of sp³-hybridized carbons (Fsp3) is 0.890. The first-order valence-corrected chi connectivity index (χ1v) is 35.5. The summed E-state index contributed by atoms with van der Waals surface area (Å²) in [7, 11) is 0. The van der Waals surface area contributed by atoms with Crippen molar-refractivity contribution in [2.45, 2.75) is 331 Å². The number of carbonyl (C=O) groups is 8. The zero-order valence-electron chi connectivity index (χ0n) is 64.2. The summed E-state index contributed by atoms with van der Waals surface area (Å²) in [6.07, 6.45) is -6.71. The summed E-state index contributed by atoms with van der Waals surface area (Å²) in [5.74, 6) is -5.37. The molecule has 0 amide bonds. The first-order chi connectivity index (χ1) is 44.8. The maximum Gasteiger partial charge on any atom is 0.425 e. The number of ether oxygens (including phenoxy) is 8. The number of halogens is 9. The van der Waals surface area contributed by atoms with Crippen molar-refractivity contribution in [3.63, 3.8) is 0 Å². The van der Waals surface area contributed by atoms with Crippen LogP contribution in [0.15, 0.2) is 0 Å². The van der Waals surface area contributed by atoms with Crippen molar-refractivity contribution in [2.24, 2.45) is 56.2 Å². The van der Waals surface area contributed by atoms with E-state index in [0.717, 1.165) is 97.8 Å². The van der Waals surface area contributed by atoms with Gasteiger partial charge in [-0.15, -0.1) is 0 Å². The summed E-state index contributed by atoms with van der Waals surface area (Å²) in [4.78, 5) is 97.7. The molecular formula is C73H129F9O16. The third-order valence-corrected chi connectivity index (χ3v) is 17.8. The minimum atomic E-state index is -4.62. The third-order valence-electron chi connectivity index (χ3n) is 17.8. The largest absolute Gasteiger partial charge is 0.466 e. The van der Waals surface area contributed by atoms with Gasteiger partial charge in [0.15, 0.2) is 18.3 Å². The van der Waals surface area contributed by atoms with E-state index in [9.17, 15) is 77.9 Å². The monoisotopic (exact) mass is 1430 g/mol. The number of alkyl halides is 9. The summed E-state index contributed by atoms with van der Waals surface area (Å²) in [5.41, 5.74) is -5.77. The van der Waals surface area contributed by atoms with Crippen LogP contribution in [-0.2, 0) is 76.3 Å². The molecule has 0 spiro atoms. The standard InChI is InChI=1S/C21H37F3O4.C19H33F3O4.C17H29F3O4.C16H30O4/c1-8-11-12-16(9-2)13-27-17(25)19(5,6)14-20(7,10-3)18(26)28-15(4)21(22,23)24;1-6-9-10-15(7-2)12-25-17(23)13(4)11-16(8-3)18(24)26-14(5)19(20,21)22;1-7-9-10-23-13(21)15(4,5)11-16(6,8-2)14(22)24-12(3)17(18,19)20;1-7-10-11-20-13(17)15(4,5)12-16(6,8-2)14(18)19-9-3/h15-16H,8-14H2,1-7H3;13-16H,6-12H2,1-5H3;12H,7-11H2,1-6H3;7-12H2,1-6H3. The molecule has 16 nitrogen and oxygen atoms in total. The minimum absolute atomic E-state index is 0.0461. The minimum Gasteiger partial charge on any atom is -0.466 e. The molecule has 0 aliphatic heterocycles. The molecule has 0 saturated heterocycles. The Hall–Kier alpha value is -4.87. The van der Waals surface area contributed by atoms with E-state index in [1.165, 1.54) is 13.8 Å². The Kier molecular flexibility index (Phi) is 48.1. The molecule has 580 valence electrons. The molecule has 0 heterocycles. The Morgan fingerprint density at radius 1 is 0.347 bits per heavy atom. The van der Waals surface area contributed by atoms with Gasteiger partial charge in [0, 0.05) is 0 Å². The van der Waals surface area contributed by atoms with Gasteiger partial charge in [0.2, 0.25) is 0 Å². The number of hydrogen-bond donors (Lipinski definition) is 0. The van der Waals surface area contributed by atoms with Crippen LogP contribution >= 0.6 is 0 Å². The van der Waals surface area contributed by atoms with Crippen LogP contribution in [0.4, 0.5) is 39.5 Å². The quantitative estimate of drug-likeness (QED) is 0.0241. The molecule has 0 bridgehead atoms. The zero-order chi connectivity index (χ0) is 77.5. The highest BCUT2D eigenvalue weighted by molar-refractivity contribution is 5.82. The van der Waals surface area contributed by atoms with Crippen molar-refractivity contribution in [3.05, 3.63) is 0 Å². The molecule has 0 fully saturated rings. The van der Waals surface area contributed by atoms with Crippen molar-refractivity contribution in [1.29, 1.82) is 0 Å². The van der Waals surface area contributed by atoms with Gasteiger partial charge in [0.05, 0.1) is 77.4 Å². The number of hydrogen-bond acceptors (Lipinski definition) is 16. The predicted octanol–water partition coefficient (Wildman–Crippen LogP) is 19.7. The molecule has 0 aromatic carbocycles. The Morgan fingerprint density at radius 3 is 0.939 bits per heavy atom. The molecule has 0 aromatic rings. The summed E-state index contributed by atoms with van der Waals surface area (Å²) in [5, 5.41) is 0. The molecule has 0 aromatic heterocycles. The van der Waals surface area contributed by atoms with Crippen LogP contribution in [-0.4, -0.2) is 118 Å². The van der Waals surface area contributed by atoms with Crippen LogP contribution in [0.1, 0.15) is 295 Å². The second kappa shape index (κ2) is 47.3. The Labute approximate surface area is 582 Å². The van der Waals surface area contributed by atoms with Crippen LogP contribution in [0, 0.1) is 56.2 Å². The summed E-state index contributed by atoms with van der Waals surface area (Å²) >= 11 is 0. The summed E-state index contributed by atoms with van der Waals surface area (Å²) in [6, 6.07) is 0. The molecule has 25 heteroatoms. The Bertz CT molecular complexity index is 2300. The highest BCUT2D eigenvalue weighted by atomic mass is 19.4. The third kappa shape index (κ3) is 39.4. The van der Waals surface area contributed by atoms with Gasteiger partial charge in [0.1, 0.15) is 0 Å². The van der Waals surface area contributed by atoms with E-state index in [1.807, 2.05) is 55.4 Å². The predicted molar refractivity (Wildman–Crippen MR) is 360 cm³/mol. The van der Waals surface area contributed by atoms with E-state index in [-0.39, 0.29) is 56.6 Å². The van der Waals surface area contributed by atoms with E-state index in [4.69, 9.17) is 23.7 Å². The molecule has 0 rings (SSSR count). The van der Waals surface area contributed by atoms with Gasteiger partial charge in [-0.2, -0.15) is 39.5 Å². The lowest BCUT2D eigenvalue weighted by Crippen LogP contribution is -2.42. The average Bonchev–Trinajstić information content (AvgIpc) is 0.823. The first-order valence-electron chi connectivity index (χ1n) is 35.5. The highest BCUT2D eigenvalue weighted by Crippen LogP contribution is 2.42. The van der Waals surface area contributed by atoms with Crippen LogP contribution in [0.25, 0.3) is 0 Å². The van der Waals surface area contributed by atoms with Crippen molar-refractivity contribution < 1.29 is 116 Å². The van der Waals surface area contributed by atoms with Gasteiger partial charge in [-0.25, -0.2) is 0 Å². The van der Waals surface area contributed by atoms with Crippen LogP contribution in [0.3, 0.4) is 0 Å². The first kappa shape index (κ1) is 99.5. The molecule has 0 aliphatic carbocycles. The van der Waals surface area contributed by atoms with Gasteiger partial charge >= 0.3 is 66.3 Å². The highest BCUT2D eigenvalue weighted by Gasteiger charge is 2.49. The summed E-state index contributed by atoms with van der Waals surface area (Å²) < 4.78 is 154. The molecule has 10 atom stereocenters. The number of carbonyl (C=O) groups excluding carboxylic acids is 8. The van der Waals surface area contributed by atoms with Gasteiger partial charge in [-0.3, -0.25) is 38.4 Å². The molecule has 98 heavy (non-hydrogen) atoms.